The summed E-state index contributed by atoms with van der Waals surface area (Å²) in [5, 5.41) is -0.0446. The number of ether oxygens (including phenoxy) is 2. The monoisotopic (exact) mass is 335 g/mol. The first-order valence-corrected chi connectivity index (χ1v) is 9.26. The van der Waals surface area contributed by atoms with E-state index in [1.807, 2.05) is 23.1 Å². The molecule has 0 aliphatic carbocycles. The van der Waals surface area contributed by atoms with E-state index in [1.54, 1.807) is 11.8 Å². The van der Waals surface area contributed by atoms with Crippen LogP contribution in [0.3, 0.4) is 0 Å². The Labute approximate surface area is 142 Å². The topological polar surface area (TPSA) is 38.8 Å². The molecule has 0 radical (unpaired) electrons. The van der Waals surface area contributed by atoms with Crippen LogP contribution in [0.15, 0.2) is 35.2 Å². The number of carbonyl (C=O) groups is 1. The number of nitrogens with zero attached hydrogens (tertiary/aromatic N) is 1. The molecule has 23 heavy (non-hydrogen) atoms. The molecule has 2 aliphatic heterocycles. The molecule has 2 heterocycles. The third-order valence-corrected chi connectivity index (χ3v) is 6.05. The molecule has 1 aromatic carbocycles. The van der Waals surface area contributed by atoms with E-state index in [9.17, 15) is 4.79 Å². The maximum Gasteiger partial charge on any atom is 0.236 e. The van der Waals surface area contributed by atoms with E-state index in [4.69, 9.17) is 9.47 Å². The highest BCUT2D eigenvalue weighted by molar-refractivity contribution is 8.00. The second kappa shape index (κ2) is 7.24. The van der Waals surface area contributed by atoms with Crippen molar-refractivity contribution in [1.29, 1.82) is 0 Å². The standard InChI is InChI=1S/C18H25NO3S/c1-14(2)16(23-15-6-4-3-5-7-15)17(20)19-10-8-18(9-11-19)21-12-13-22-18/h3-7,14,16H,8-13H2,1-2H3. The number of likely N-dealkylation sites (tertiary alicyclic amines) is 1. The van der Waals surface area contributed by atoms with Crippen molar-refractivity contribution in [3.05, 3.63) is 30.3 Å². The van der Waals surface area contributed by atoms with Crippen LogP contribution in [0.4, 0.5) is 0 Å². The first kappa shape index (κ1) is 16.8. The SMILES string of the molecule is CC(C)C(Sc1ccccc1)C(=O)N1CCC2(CC1)OCCO2. The highest BCUT2D eigenvalue weighted by Crippen LogP contribution is 2.34. The summed E-state index contributed by atoms with van der Waals surface area (Å²) in [7, 11) is 0. The minimum Gasteiger partial charge on any atom is -0.347 e. The first-order valence-electron chi connectivity index (χ1n) is 8.38. The number of piperidine rings is 1. The van der Waals surface area contributed by atoms with Gasteiger partial charge in [-0.2, -0.15) is 0 Å². The Morgan fingerprint density at radius 1 is 1.13 bits per heavy atom. The molecule has 1 aromatic rings. The average molecular weight is 335 g/mol. The summed E-state index contributed by atoms with van der Waals surface area (Å²) in [6.07, 6.45) is 1.55. The van der Waals surface area contributed by atoms with Crippen molar-refractivity contribution < 1.29 is 14.3 Å². The third-order valence-electron chi connectivity index (χ3n) is 4.51. The van der Waals surface area contributed by atoms with Crippen LogP contribution < -0.4 is 0 Å². The van der Waals surface area contributed by atoms with Gasteiger partial charge in [0.15, 0.2) is 5.79 Å². The lowest BCUT2D eigenvalue weighted by atomic mass is 10.0. The lowest BCUT2D eigenvalue weighted by Crippen LogP contribution is -2.50. The number of amides is 1. The smallest absolute Gasteiger partial charge is 0.236 e. The maximum atomic E-state index is 13.0. The molecule has 1 spiro atoms. The molecule has 0 N–H and O–H groups in total. The van der Waals surface area contributed by atoms with Crippen LogP contribution in [0.1, 0.15) is 26.7 Å². The van der Waals surface area contributed by atoms with Gasteiger partial charge in [-0.15, -0.1) is 11.8 Å². The van der Waals surface area contributed by atoms with E-state index in [0.717, 1.165) is 30.8 Å². The van der Waals surface area contributed by atoms with E-state index in [1.165, 1.54) is 0 Å². The van der Waals surface area contributed by atoms with Crippen LogP contribution in [0.25, 0.3) is 0 Å². The number of hydrogen-bond acceptors (Lipinski definition) is 4. The fourth-order valence-corrected chi connectivity index (χ4v) is 4.28. The van der Waals surface area contributed by atoms with E-state index >= 15 is 0 Å². The van der Waals surface area contributed by atoms with Gasteiger partial charge in [-0.1, -0.05) is 32.0 Å². The fourth-order valence-electron chi connectivity index (χ4n) is 3.15. The van der Waals surface area contributed by atoms with Crippen LogP contribution in [0.2, 0.25) is 0 Å². The molecule has 2 saturated heterocycles. The van der Waals surface area contributed by atoms with Gasteiger partial charge in [0.2, 0.25) is 5.91 Å². The molecule has 4 nitrogen and oxygen atoms in total. The predicted molar refractivity (Wildman–Crippen MR) is 91.4 cm³/mol. The Morgan fingerprint density at radius 3 is 2.30 bits per heavy atom. The molecule has 0 bridgehead atoms. The second-order valence-electron chi connectivity index (χ2n) is 6.53. The van der Waals surface area contributed by atoms with Gasteiger partial charge in [0.05, 0.1) is 18.5 Å². The van der Waals surface area contributed by atoms with Gasteiger partial charge in [-0.3, -0.25) is 4.79 Å². The minimum atomic E-state index is -0.420. The zero-order valence-electron chi connectivity index (χ0n) is 13.9. The van der Waals surface area contributed by atoms with E-state index in [-0.39, 0.29) is 11.2 Å². The molecular formula is C18H25NO3S. The zero-order chi connectivity index (χ0) is 16.3. The number of thioether (sulfide) groups is 1. The molecule has 126 valence electrons. The predicted octanol–water partition coefficient (Wildman–Crippen LogP) is 3.17. The lowest BCUT2D eigenvalue weighted by Gasteiger charge is -2.39. The summed E-state index contributed by atoms with van der Waals surface area (Å²) < 4.78 is 11.5. The molecule has 2 fully saturated rings. The molecule has 0 aromatic heterocycles. The van der Waals surface area contributed by atoms with Crippen molar-refractivity contribution >= 4 is 17.7 Å². The molecule has 1 amide bonds. The average Bonchev–Trinajstić information content (AvgIpc) is 3.01. The zero-order valence-corrected chi connectivity index (χ0v) is 14.7. The van der Waals surface area contributed by atoms with Gasteiger partial charge >= 0.3 is 0 Å². The Morgan fingerprint density at radius 2 is 1.74 bits per heavy atom. The van der Waals surface area contributed by atoms with Crippen LogP contribution in [0.5, 0.6) is 0 Å². The summed E-state index contributed by atoms with van der Waals surface area (Å²) in [4.78, 5) is 16.1. The number of carbonyl (C=O) groups excluding carboxylic acids is 1. The molecule has 1 unspecified atom stereocenters. The van der Waals surface area contributed by atoms with E-state index < -0.39 is 5.79 Å². The lowest BCUT2D eigenvalue weighted by molar-refractivity contribution is -0.187. The van der Waals surface area contributed by atoms with Crippen LogP contribution in [-0.2, 0) is 14.3 Å². The van der Waals surface area contributed by atoms with Gasteiger partial charge < -0.3 is 14.4 Å². The second-order valence-corrected chi connectivity index (χ2v) is 7.74. The van der Waals surface area contributed by atoms with Gasteiger partial charge in [-0.05, 0) is 18.1 Å². The van der Waals surface area contributed by atoms with Crippen molar-refractivity contribution in [2.24, 2.45) is 5.92 Å². The van der Waals surface area contributed by atoms with Crippen LogP contribution >= 0.6 is 11.8 Å². The maximum absolute atomic E-state index is 13.0. The van der Waals surface area contributed by atoms with E-state index in [0.29, 0.717) is 19.1 Å². The summed E-state index contributed by atoms with van der Waals surface area (Å²) >= 11 is 1.67. The molecular weight excluding hydrogens is 310 g/mol. The highest BCUT2D eigenvalue weighted by Gasteiger charge is 2.42. The van der Waals surface area contributed by atoms with Crippen molar-refractivity contribution in [2.75, 3.05) is 26.3 Å². The van der Waals surface area contributed by atoms with Crippen LogP contribution in [-0.4, -0.2) is 48.1 Å². The minimum absolute atomic E-state index is 0.0446. The quantitative estimate of drug-likeness (QED) is 0.792. The normalized spacial score (nSPS) is 21.8. The van der Waals surface area contributed by atoms with E-state index in [2.05, 4.69) is 26.0 Å². The molecule has 2 aliphatic rings. The third kappa shape index (κ3) is 3.90. The van der Waals surface area contributed by atoms with Crippen LogP contribution in [0, 0.1) is 5.92 Å². The summed E-state index contributed by atoms with van der Waals surface area (Å²) in [6, 6.07) is 10.2. The van der Waals surface area contributed by atoms with Gasteiger partial charge in [-0.25, -0.2) is 0 Å². The van der Waals surface area contributed by atoms with Gasteiger partial charge in [0, 0.05) is 30.8 Å². The largest absolute Gasteiger partial charge is 0.347 e. The molecule has 1 atom stereocenters. The van der Waals surface area contributed by atoms with Crippen molar-refractivity contribution in [3.63, 3.8) is 0 Å². The molecule has 0 saturated carbocycles. The summed E-state index contributed by atoms with van der Waals surface area (Å²) in [5.41, 5.74) is 0. The van der Waals surface area contributed by atoms with Crippen molar-refractivity contribution in [3.8, 4) is 0 Å². The molecule has 5 heteroatoms. The Kier molecular flexibility index (Phi) is 5.29. The Balaban J connectivity index is 1.62. The molecule has 3 rings (SSSR count). The number of rotatable bonds is 4. The Hall–Kier alpha value is -1.04. The number of benzene rings is 1. The summed E-state index contributed by atoms with van der Waals surface area (Å²) in [5.74, 6) is 0.112. The fraction of sp³-hybridized carbons (Fsp3) is 0.611. The Bertz CT molecular complexity index is 518. The first-order chi connectivity index (χ1) is 11.1. The van der Waals surface area contributed by atoms with Gasteiger partial charge in [0.1, 0.15) is 0 Å². The highest BCUT2D eigenvalue weighted by atomic mass is 32.2. The number of hydrogen-bond donors (Lipinski definition) is 0. The van der Waals surface area contributed by atoms with Gasteiger partial charge in [0.25, 0.3) is 0 Å². The van der Waals surface area contributed by atoms with Crippen molar-refractivity contribution in [2.45, 2.75) is 42.6 Å². The van der Waals surface area contributed by atoms with Crippen molar-refractivity contribution in [1.82, 2.24) is 4.90 Å². The summed E-state index contributed by atoms with van der Waals surface area (Å²) in [6.45, 7) is 7.02.